The molecule has 1 aliphatic heterocycles. The Bertz CT molecular complexity index is 459. The number of ether oxygens (including phenoxy) is 1. The molecule has 2 rings (SSSR count). The van der Waals surface area contributed by atoms with Crippen LogP contribution in [0.5, 0.6) is 0 Å². The molecular weight excluding hydrogens is 274 g/mol. The molecule has 0 saturated carbocycles. The number of esters is 1. The quantitative estimate of drug-likeness (QED) is 0.582. The Morgan fingerprint density at radius 3 is 2.81 bits per heavy atom. The first-order valence-electron chi connectivity index (χ1n) is 4.84. The van der Waals surface area contributed by atoms with Crippen molar-refractivity contribution < 1.29 is 14.3 Å². The van der Waals surface area contributed by atoms with Crippen LogP contribution >= 0.6 is 15.9 Å². The molecule has 0 spiro atoms. The van der Waals surface area contributed by atoms with Crippen LogP contribution in [0.25, 0.3) is 0 Å². The Kier molecular flexibility index (Phi) is 2.96. The smallest absolute Gasteiger partial charge is 0.397 e. The summed E-state index contributed by atoms with van der Waals surface area (Å²) >= 11 is 3.39. The largest absolute Gasteiger partial charge is 0.457 e. The normalized spacial score (nSPS) is 16.2. The Labute approximate surface area is 101 Å². The third kappa shape index (κ3) is 1.95. The average Bonchev–Trinajstić information content (AvgIpc) is 2.26. The number of nitrogens with zero attached hydrogens (tertiary/aromatic N) is 1. The number of anilines is 1. The van der Waals surface area contributed by atoms with E-state index in [0.717, 1.165) is 15.7 Å². The van der Waals surface area contributed by atoms with Crippen molar-refractivity contribution in [2.45, 2.75) is 6.92 Å². The number of benzene rings is 1. The summed E-state index contributed by atoms with van der Waals surface area (Å²) in [6.07, 6.45) is 0. The fourth-order valence-electron chi connectivity index (χ4n) is 1.55. The summed E-state index contributed by atoms with van der Waals surface area (Å²) in [5, 5.41) is 0. The Morgan fingerprint density at radius 2 is 2.12 bits per heavy atom. The second-order valence-electron chi connectivity index (χ2n) is 3.53. The van der Waals surface area contributed by atoms with Crippen molar-refractivity contribution in [3.05, 3.63) is 28.2 Å². The van der Waals surface area contributed by atoms with Crippen molar-refractivity contribution >= 4 is 33.5 Å². The Balaban J connectivity index is 2.32. The summed E-state index contributed by atoms with van der Waals surface area (Å²) in [7, 11) is 0. The minimum Gasteiger partial charge on any atom is -0.457 e. The molecule has 0 atom stereocenters. The molecule has 1 amide bonds. The second kappa shape index (κ2) is 4.25. The van der Waals surface area contributed by atoms with E-state index in [1.165, 1.54) is 4.90 Å². The number of cyclic esters (lactones) is 1. The van der Waals surface area contributed by atoms with Gasteiger partial charge in [0, 0.05) is 10.2 Å². The molecule has 4 nitrogen and oxygen atoms in total. The summed E-state index contributed by atoms with van der Waals surface area (Å²) < 4.78 is 5.63. The molecule has 16 heavy (non-hydrogen) atoms. The number of amides is 1. The maximum atomic E-state index is 11.6. The van der Waals surface area contributed by atoms with E-state index in [-0.39, 0.29) is 6.61 Å². The van der Waals surface area contributed by atoms with Crippen LogP contribution < -0.4 is 4.90 Å². The lowest BCUT2D eigenvalue weighted by Gasteiger charge is -2.26. The monoisotopic (exact) mass is 283 g/mol. The van der Waals surface area contributed by atoms with Crippen molar-refractivity contribution in [2.24, 2.45) is 0 Å². The number of morpholine rings is 1. The molecule has 1 fully saturated rings. The van der Waals surface area contributed by atoms with E-state index in [1.807, 2.05) is 19.1 Å². The lowest BCUT2D eigenvalue weighted by atomic mass is 10.2. The topological polar surface area (TPSA) is 46.6 Å². The van der Waals surface area contributed by atoms with Gasteiger partial charge in [0.25, 0.3) is 0 Å². The van der Waals surface area contributed by atoms with Gasteiger partial charge in [-0.3, -0.25) is 9.69 Å². The summed E-state index contributed by atoms with van der Waals surface area (Å²) in [5.41, 5.74) is 1.74. The van der Waals surface area contributed by atoms with Gasteiger partial charge in [-0.15, -0.1) is 0 Å². The third-order valence-electron chi connectivity index (χ3n) is 2.42. The summed E-state index contributed by atoms with van der Waals surface area (Å²) in [6.45, 7) is 2.59. The van der Waals surface area contributed by atoms with Crippen LogP contribution in [0.3, 0.4) is 0 Å². The molecule has 1 heterocycles. The van der Waals surface area contributed by atoms with Gasteiger partial charge in [-0.25, -0.2) is 4.79 Å². The fourth-order valence-corrected chi connectivity index (χ4v) is 1.79. The minimum atomic E-state index is -0.785. The number of hydrogen-bond donors (Lipinski definition) is 0. The van der Waals surface area contributed by atoms with Gasteiger partial charge in [-0.1, -0.05) is 15.9 Å². The van der Waals surface area contributed by atoms with Gasteiger partial charge in [0.15, 0.2) is 0 Å². The zero-order chi connectivity index (χ0) is 11.7. The van der Waals surface area contributed by atoms with Crippen LogP contribution in [0.1, 0.15) is 5.56 Å². The zero-order valence-electron chi connectivity index (χ0n) is 8.70. The molecule has 1 aromatic rings. The molecule has 0 radical (unpaired) electrons. The third-order valence-corrected chi connectivity index (χ3v) is 3.31. The molecule has 1 aliphatic rings. The lowest BCUT2D eigenvalue weighted by molar-refractivity contribution is -0.156. The number of rotatable bonds is 1. The number of halogens is 1. The highest BCUT2D eigenvalue weighted by Crippen LogP contribution is 2.23. The van der Waals surface area contributed by atoms with Gasteiger partial charge in [0.2, 0.25) is 0 Å². The van der Waals surface area contributed by atoms with E-state index < -0.39 is 11.9 Å². The molecule has 5 heteroatoms. The molecular formula is C11H10BrNO3. The highest BCUT2D eigenvalue weighted by molar-refractivity contribution is 9.10. The summed E-state index contributed by atoms with van der Waals surface area (Å²) in [5.74, 6) is -1.39. The van der Waals surface area contributed by atoms with Crippen LogP contribution in [-0.4, -0.2) is 25.0 Å². The number of aryl methyl sites for hydroxylation is 1. The number of carbonyl (C=O) groups excluding carboxylic acids is 2. The SMILES string of the molecule is Cc1cc(N2CCOC(=O)C2=O)ccc1Br. The van der Waals surface area contributed by atoms with Crippen LogP contribution in [-0.2, 0) is 14.3 Å². The fraction of sp³-hybridized carbons (Fsp3) is 0.273. The predicted molar refractivity (Wildman–Crippen MR) is 62.2 cm³/mol. The van der Waals surface area contributed by atoms with E-state index in [1.54, 1.807) is 6.07 Å². The molecule has 0 N–H and O–H groups in total. The predicted octanol–water partition coefficient (Wildman–Crippen LogP) is 1.65. The Morgan fingerprint density at radius 1 is 1.38 bits per heavy atom. The summed E-state index contributed by atoms with van der Waals surface area (Å²) in [6, 6.07) is 5.52. The Hall–Kier alpha value is -1.36. The maximum Gasteiger partial charge on any atom is 0.397 e. The first kappa shape index (κ1) is 11.1. The van der Waals surface area contributed by atoms with Crippen molar-refractivity contribution in [3.63, 3.8) is 0 Å². The number of carbonyl (C=O) groups is 2. The molecule has 0 bridgehead atoms. The second-order valence-corrected chi connectivity index (χ2v) is 4.38. The van der Waals surface area contributed by atoms with Crippen LogP contribution in [0.2, 0.25) is 0 Å². The first-order valence-corrected chi connectivity index (χ1v) is 5.63. The van der Waals surface area contributed by atoms with Gasteiger partial charge >= 0.3 is 11.9 Å². The van der Waals surface area contributed by atoms with E-state index in [0.29, 0.717) is 6.54 Å². The number of hydrogen-bond acceptors (Lipinski definition) is 3. The van der Waals surface area contributed by atoms with Gasteiger partial charge in [-0.05, 0) is 30.7 Å². The average molecular weight is 284 g/mol. The molecule has 0 aliphatic carbocycles. The van der Waals surface area contributed by atoms with Crippen molar-refractivity contribution in [1.82, 2.24) is 0 Å². The lowest BCUT2D eigenvalue weighted by Crippen LogP contribution is -2.45. The van der Waals surface area contributed by atoms with Gasteiger partial charge in [-0.2, -0.15) is 0 Å². The maximum absolute atomic E-state index is 11.6. The van der Waals surface area contributed by atoms with E-state index in [2.05, 4.69) is 20.7 Å². The van der Waals surface area contributed by atoms with Gasteiger partial charge in [0.1, 0.15) is 6.61 Å². The van der Waals surface area contributed by atoms with E-state index >= 15 is 0 Å². The standard InChI is InChI=1S/C11H10BrNO3/c1-7-6-8(2-3-9(7)12)13-4-5-16-11(15)10(13)14/h2-3,6H,4-5H2,1H3. The van der Waals surface area contributed by atoms with E-state index in [4.69, 9.17) is 0 Å². The van der Waals surface area contributed by atoms with Gasteiger partial charge in [0.05, 0.1) is 6.54 Å². The first-order chi connectivity index (χ1) is 7.59. The van der Waals surface area contributed by atoms with E-state index in [9.17, 15) is 9.59 Å². The zero-order valence-corrected chi connectivity index (χ0v) is 10.3. The van der Waals surface area contributed by atoms with Crippen LogP contribution in [0, 0.1) is 6.92 Å². The molecule has 1 saturated heterocycles. The van der Waals surface area contributed by atoms with Gasteiger partial charge < -0.3 is 4.74 Å². The highest BCUT2D eigenvalue weighted by Gasteiger charge is 2.29. The van der Waals surface area contributed by atoms with Crippen molar-refractivity contribution in [1.29, 1.82) is 0 Å². The van der Waals surface area contributed by atoms with Crippen molar-refractivity contribution in [3.8, 4) is 0 Å². The van der Waals surface area contributed by atoms with Crippen LogP contribution in [0.4, 0.5) is 5.69 Å². The highest BCUT2D eigenvalue weighted by atomic mass is 79.9. The van der Waals surface area contributed by atoms with Crippen LogP contribution in [0.15, 0.2) is 22.7 Å². The summed E-state index contributed by atoms with van der Waals surface area (Å²) in [4.78, 5) is 24.1. The molecule has 0 aromatic heterocycles. The molecule has 1 aromatic carbocycles. The molecule has 0 unspecified atom stereocenters. The van der Waals surface area contributed by atoms with Crippen molar-refractivity contribution in [2.75, 3.05) is 18.1 Å². The minimum absolute atomic E-state index is 0.250. The molecule has 84 valence electrons.